The second-order valence-electron chi connectivity index (χ2n) is 4.51. The number of aldehydes is 1. The number of ketones is 1. The van der Waals surface area contributed by atoms with Gasteiger partial charge in [0.05, 0.1) is 6.61 Å². The zero-order valence-electron chi connectivity index (χ0n) is 10.5. The highest BCUT2D eigenvalue weighted by atomic mass is 16.5. The zero-order valence-corrected chi connectivity index (χ0v) is 10.5. The third-order valence-electron chi connectivity index (χ3n) is 3.37. The summed E-state index contributed by atoms with van der Waals surface area (Å²) in [6.07, 6.45) is 3.68. The first kappa shape index (κ1) is 13.9. The third kappa shape index (κ3) is 3.14. The van der Waals surface area contributed by atoms with Crippen LogP contribution in [0.2, 0.25) is 0 Å². The van der Waals surface area contributed by atoms with Gasteiger partial charge in [-0.2, -0.15) is 0 Å². The van der Waals surface area contributed by atoms with Crippen molar-refractivity contribution in [3.8, 4) is 0 Å². The molecule has 0 saturated heterocycles. The number of unbranched alkanes of at least 4 members (excludes halogenated alkanes) is 1. The minimum absolute atomic E-state index is 0.137. The summed E-state index contributed by atoms with van der Waals surface area (Å²) in [5.74, 6) is -1.76. The van der Waals surface area contributed by atoms with E-state index >= 15 is 0 Å². The Balaban J connectivity index is 2.78. The van der Waals surface area contributed by atoms with Gasteiger partial charge in [0, 0.05) is 12.3 Å². The van der Waals surface area contributed by atoms with Crippen LogP contribution in [-0.2, 0) is 19.1 Å². The smallest absolute Gasteiger partial charge is 0.316 e. The van der Waals surface area contributed by atoms with Crippen LogP contribution < -0.4 is 0 Å². The van der Waals surface area contributed by atoms with Gasteiger partial charge in [-0.25, -0.2) is 0 Å². The Morgan fingerprint density at radius 2 is 2.18 bits per heavy atom. The predicted molar refractivity (Wildman–Crippen MR) is 62.3 cm³/mol. The number of rotatable bonds is 6. The van der Waals surface area contributed by atoms with Crippen molar-refractivity contribution in [3.63, 3.8) is 0 Å². The van der Waals surface area contributed by atoms with E-state index in [1.807, 2.05) is 6.92 Å². The molecule has 0 unspecified atom stereocenters. The second kappa shape index (κ2) is 6.52. The van der Waals surface area contributed by atoms with Crippen LogP contribution >= 0.6 is 0 Å². The lowest BCUT2D eigenvalue weighted by Gasteiger charge is -2.19. The number of hydrogen-bond donors (Lipinski definition) is 0. The molecule has 0 radical (unpaired) electrons. The number of ether oxygens (including phenoxy) is 1. The van der Waals surface area contributed by atoms with Crippen LogP contribution in [0.25, 0.3) is 0 Å². The molecule has 17 heavy (non-hydrogen) atoms. The Bertz CT molecular complexity index is 298. The van der Waals surface area contributed by atoms with Crippen molar-refractivity contribution < 1.29 is 19.1 Å². The fourth-order valence-corrected chi connectivity index (χ4v) is 2.50. The lowest BCUT2D eigenvalue weighted by atomic mass is 9.85. The van der Waals surface area contributed by atoms with E-state index in [0.29, 0.717) is 0 Å². The minimum atomic E-state index is -0.711. The molecule has 1 fully saturated rings. The normalized spacial score (nSPS) is 28.1. The zero-order chi connectivity index (χ0) is 12.8. The molecule has 3 atom stereocenters. The molecule has 0 heterocycles. The van der Waals surface area contributed by atoms with Gasteiger partial charge in [0.15, 0.2) is 0 Å². The predicted octanol–water partition coefficient (Wildman–Crippen LogP) is 1.76. The number of Topliss-reactive ketones (excluding diaryl/α,β-unsaturated/α-hetero) is 1. The largest absolute Gasteiger partial charge is 0.465 e. The molecule has 1 rings (SSSR count). The van der Waals surface area contributed by atoms with Crippen LogP contribution in [-0.4, -0.2) is 24.6 Å². The first-order valence-electron chi connectivity index (χ1n) is 6.30. The van der Waals surface area contributed by atoms with Gasteiger partial charge >= 0.3 is 5.97 Å². The average molecular weight is 240 g/mol. The lowest BCUT2D eigenvalue weighted by Crippen LogP contribution is -2.28. The number of esters is 1. The van der Waals surface area contributed by atoms with E-state index in [-0.39, 0.29) is 30.6 Å². The summed E-state index contributed by atoms with van der Waals surface area (Å²) in [7, 11) is 0. The first-order valence-corrected chi connectivity index (χ1v) is 6.30. The SMILES string of the molecule is CCCC[C@H]1[C@H](C(=O)OCC)C(=O)C[C@@H]1C=O. The summed E-state index contributed by atoms with van der Waals surface area (Å²) in [5.41, 5.74) is 0. The van der Waals surface area contributed by atoms with Crippen molar-refractivity contribution in [1.82, 2.24) is 0 Å². The highest BCUT2D eigenvalue weighted by Crippen LogP contribution is 2.37. The Labute approximate surface area is 102 Å². The maximum absolute atomic E-state index is 11.8. The molecule has 0 spiro atoms. The molecule has 0 N–H and O–H groups in total. The summed E-state index contributed by atoms with van der Waals surface area (Å²) in [6, 6.07) is 0. The van der Waals surface area contributed by atoms with Crippen LogP contribution in [0.5, 0.6) is 0 Å². The standard InChI is InChI=1S/C13H20O4/c1-3-5-6-10-9(8-14)7-11(15)12(10)13(16)17-4-2/h8-10,12H,3-7H2,1-2H3/t9-,10-,12+/m1/s1. The molecule has 1 saturated carbocycles. The molecule has 1 aliphatic carbocycles. The fourth-order valence-electron chi connectivity index (χ4n) is 2.50. The van der Waals surface area contributed by atoms with Gasteiger partial charge in [-0.3, -0.25) is 9.59 Å². The van der Waals surface area contributed by atoms with E-state index in [4.69, 9.17) is 4.74 Å². The molecular formula is C13H20O4. The van der Waals surface area contributed by atoms with E-state index in [9.17, 15) is 14.4 Å². The van der Waals surface area contributed by atoms with Gasteiger partial charge in [-0.1, -0.05) is 19.8 Å². The van der Waals surface area contributed by atoms with Crippen molar-refractivity contribution in [2.24, 2.45) is 17.8 Å². The van der Waals surface area contributed by atoms with Crippen molar-refractivity contribution in [2.45, 2.75) is 39.5 Å². The Hall–Kier alpha value is -1.19. The van der Waals surface area contributed by atoms with Crippen LogP contribution in [0.15, 0.2) is 0 Å². The lowest BCUT2D eigenvalue weighted by molar-refractivity contribution is -0.152. The third-order valence-corrected chi connectivity index (χ3v) is 3.37. The van der Waals surface area contributed by atoms with E-state index in [0.717, 1.165) is 25.5 Å². The first-order chi connectivity index (χ1) is 8.15. The highest BCUT2D eigenvalue weighted by Gasteiger charge is 2.46. The van der Waals surface area contributed by atoms with Gasteiger partial charge < -0.3 is 9.53 Å². The van der Waals surface area contributed by atoms with Crippen molar-refractivity contribution in [2.75, 3.05) is 6.61 Å². The minimum Gasteiger partial charge on any atom is -0.465 e. The van der Waals surface area contributed by atoms with Crippen molar-refractivity contribution in [3.05, 3.63) is 0 Å². The van der Waals surface area contributed by atoms with Crippen LogP contribution in [0.1, 0.15) is 39.5 Å². The molecular weight excluding hydrogens is 220 g/mol. The number of carbonyl (C=O) groups is 3. The van der Waals surface area contributed by atoms with Crippen LogP contribution in [0, 0.1) is 17.8 Å². The summed E-state index contributed by atoms with van der Waals surface area (Å²) in [4.78, 5) is 34.5. The molecule has 0 aromatic rings. The maximum atomic E-state index is 11.8. The Morgan fingerprint density at radius 1 is 1.47 bits per heavy atom. The van der Waals surface area contributed by atoms with E-state index in [1.165, 1.54) is 0 Å². The monoisotopic (exact) mass is 240 g/mol. The molecule has 1 aliphatic rings. The number of hydrogen-bond acceptors (Lipinski definition) is 4. The van der Waals surface area contributed by atoms with Gasteiger partial charge in [-0.15, -0.1) is 0 Å². The number of carbonyl (C=O) groups excluding carboxylic acids is 3. The van der Waals surface area contributed by atoms with E-state index in [2.05, 4.69) is 0 Å². The van der Waals surface area contributed by atoms with E-state index < -0.39 is 11.9 Å². The molecule has 0 aromatic heterocycles. The van der Waals surface area contributed by atoms with E-state index in [1.54, 1.807) is 6.92 Å². The Morgan fingerprint density at radius 3 is 2.71 bits per heavy atom. The molecule has 4 nitrogen and oxygen atoms in total. The summed E-state index contributed by atoms with van der Waals surface area (Å²) in [5, 5.41) is 0. The maximum Gasteiger partial charge on any atom is 0.316 e. The molecule has 0 aliphatic heterocycles. The molecule has 0 amide bonds. The summed E-state index contributed by atoms with van der Waals surface area (Å²) < 4.78 is 4.92. The van der Waals surface area contributed by atoms with Crippen LogP contribution in [0.3, 0.4) is 0 Å². The quantitative estimate of drug-likeness (QED) is 0.403. The van der Waals surface area contributed by atoms with Gasteiger partial charge in [0.25, 0.3) is 0 Å². The topological polar surface area (TPSA) is 60.4 Å². The molecule has 0 bridgehead atoms. The summed E-state index contributed by atoms with van der Waals surface area (Å²) >= 11 is 0. The highest BCUT2D eigenvalue weighted by molar-refractivity contribution is 6.02. The van der Waals surface area contributed by atoms with Crippen molar-refractivity contribution >= 4 is 18.0 Å². The molecule has 4 heteroatoms. The second-order valence-corrected chi connectivity index (χ2v) is 4.51. The van der Waals surface area contributed by atoms with Crippen LogP contribution in [0.4, 0.5) is 0 Å². The molecule has 96 valence electrons. The summed E-state index contributed by atoms with van der Waals surface area (Å²) in [6.45, 7) is 4.04. The molecule has 0 aromatic carbocycles. The van der Waals surface area contributed by atoms with Gasteiger partial charge in [-0.05, 0) is 19.3 Å². The van der Waals surface area contributed by atoms with Gasteiger partial charge in [0.1, 0.15) is 18.0 Å². The van der Waals surface area contributed by atoms with Gasteiger partial charge in [0.2, 0.25) is 0 Å². The van der Waals surface area contributed by atoms with Crippen molar-refractivity contribution in [1.29, 1.82) is 0 Å². The Kier molecular flexibility index (Phi) is 5.32. The fraction of sp³-hybridized carbons (Fsp3) is 0.769. The average Bonchev–Trinajstić information content (AvgIpc) is 2.63.